The Balaban J connectivity index is 1.51. The minimum Gasteiger partial charge on any atom is -0.508 e. The highest BCUT2D eigenvalue weighted by molar-refractivity contribution is 5.68. The van der Waals surface area contributed by atoms with Gasteiger partial charge in [-0.25, -0.2) is 4.79 Å². The summed E-state index contributed by atoms with van der Waals surface area (Å²) in [5.74, 6) is 0.347. The summed E-state index contributed by atoms with van der Waals surface area (Å²) in [6.45, 7) is 7.17. The van der Waals surface area contributed by atoms with E-state index in [4.69, 9.17) is 4.74 Å². The topological polar surface area (TPSA) is 61.8 Å². The second-order valence-electron chi connectivity index (χ2n) is 7.88. The molecule has 1 unspecified atom stereocenters. The number of phenols is 1. The number of aryl methyl sites for hydroxylation is 1. The van der Waals surface area contributed by atoms with Crippen molar-refractivity contribution in [3.8, 4) is 5.75 Å². The largest absolute Gasteiger partial charge is 0.508 e. The Kier molecular flexibility index (Phi) is 4.72. The number of fused-ring (bicyclic) bond motifs is 1. The Morgan fingerprint density at radius 3 is 2.62 bits per heavy atom. The van der Waals surface area contributed by atoms with Gasteiger partial charge in [-0.1, -0.05) is 6.07 Å². The summed E-state index contributed by atoms with van der Waals surface area (Å²) in [6, 6.07) is 6.46. The molecule has 24 heavy (non-hydrogen) atoms. The minimum absolute atomic E-state index is 0.206. The van der Waals surface area contributed by atoms with Crippen molar-refractivity contribution in [3.05, 3.63) is 29.3 Å². The molecule has 1 heterocycles. The molecule has 2 aliphatic rings. The minimum atomic E-state index is -0.439. The molecule has 5 heteroatoms. The number of hydrogen-bond acceptors (Lipinski definition) is 4. The summed E-state index contributed by atoms with van der Waals surface area (Å²) in [4.78, 5) is 13.9. The van der Waals surface area contributed by atoms with Gasteiger partial charge < -0.3 is 20.1 Å². The number of rotatable bonds is 2. The van der Waals surface area contributed by atoms with E-state index < -0.39 is 5.60 Å². The molecule has 3 rings (SSSR count). The smallest absolute Gasteiger partial charge is 0.410 e. The van der Waals surface area contributed by atoms with Crippen molar-refractivity contribution in [2.75, 3.05) is 13.1 Å². The van der Waals surface area contributed by atoms with Crippen molar-refractivity contribution < 1.29 is 14.6 Å². The van der Waals surface area contributed by atoms with Crippen LogP contribution >= 0.6 is 0 Å². The third-order valence-electron chi connectivity index (χ3n) is 4.79. The van der Waals surface area contributed by atoms with E-state index in [0.717, 1.165) is 38.8 Å². The molecule has 5 nitrogen and oxygen atoms in total. The number of nitrogens with one attached hydrogen (secondary N) is 1. The zero-order valence-electron chi connectivity index (χ0n) is 14.8. The molecular formula is C19H28N2O3. The standard InChI is InChI=1S/C19H28N2O3/c1-19(2,3)24-18(23)21-10-8-14(9-11-21)20-17-7-4-13-12-15(22)5-6-16(13)17/h5-6,12,14,17,20,22H,4,7-11H2,1-3H3. The van der Waals surface area contributed by atoms with Crippen LogP contribution in [0.3, 0.4) is 0 Å². The average Bonchev–Trinajstić information content (AvgIpc) is 2.88. The van der Waals surface area contributed by atoms with Crippen molar-refractivity contribution >= 4 is 6.09 Å². The lowest BCUT2D eigenvalue weighted by molar-refractivity contribution is 0.0195. The molecular weight excluding hydrogens is 304 g/mol. The predicted octanol–water partition coefficient (Wildman–Crippen LogP) is 3.37. The number of benzene rings is 1. The van der Waals surface area contributed by atoms with Crippen LogP contribution in [-0.2, 0) is 11.2 Å². The van der Waals surface area contributed by atoms with E-state index in [1.165, 1.54) is 11.1 Å². The molecule has 1 aliphatic carbocycles. The third kappa shape index (κ3) is 4.01. The normalized spacial score (nSPS) is 21.6. The van der Waals surface area contributed by atoms with Gasteiger partial charge in [0.05, 0.1) is 0 Å². The van der Waals surface area contributed by atoms with E-state index in [1.54, 1.807) is 6.07 Å². The summed E-state index contributed by atoms with van der Waals surface area (Å²) >= 11 is 0. The van der Waals surface area contributed by atoms with Gasteiger partial charge in [-0.05, 0) is 69.7 Å². The molecule has 1 aromatic carbocycles. The first-order valence-electron chi connectivity index (χ1n) is 8.87. The molecule has 132 valence electrons. The lowest BCUT2D eigenvalue weighted by atomic mass is 10.0. The number of hydrogen-bond donors (Lipinski definition) is 2. The summed E-state index contributed by atoms with van der Waals surface area (Å²) in [6.07, 6.45) is 3.78. The molecule has 1 fully saturated rings. The van der Waals surface area contributed by atoms with Gasteiger partial charge >= 0.3 is 6.09 Å². The number of carbonyl (C=O) groups is 1. The quantitative estimate of drug-likeness (QED) is 0.872. The fraction of sp³-hybridized carbons (Fsp3) is 0.632. The summed E-state index contributed by atoms with van der Waals surface area (Å²) in [5.41, 5.74) is 2.12. The Morgan fingerprint density at radius 1 is 1.25 bits per heavy atom. The van der Waals surface area contributed by atoms with Crippen molar-refractivity contribution in [1.82, 2.24) is 10.2 Å². The SMILES string of the molecule is CC(C)(C)OC(=O)N1CCC(NC2CCc3cc(O)ccc32)CC1. The Morgan fingerprint density at radius 2 is 1.96 bits per heavy atom. The van der Waals surface area contributed by atoms with E-state index in [2.05, 4.69) is 5.32 Å². The molecule has 0 radical (unpaired) electrons. The fourth-order valence-corrected chi connectivity index (χ4v) is 3.62. The molecule has 2 N–H and O–H groups in total. The van der Waals surface area contributed by atoms with Crippen LogP contribution in [0.4, 0.5) is 4.79 Å². The van der Waals surface area contributed by atoms with Crippen LogP contribution in [0.1, 0.15) is 57.2 Å². The first-order valence-corrected chi connectivity index (χ1v) is 8.87. The molecule has 0 spiro atoms. The highest BCUT2D eigenvalue weighted by atomic mass is 16.6. The van der Waals surface area contributed by atoms with Crippen molar-refractivity contribution in [3.63, 3.8) is 0 Å². The van der Waals surface area contributed by atoms with Crippen molar-refractivity contribution in [2.24, 2.45) is 0 Å². The van der Waals surface area contributed by atoms with Gasteiger partial charge in [0, 0.05) is 25.2 Å². The van der Waals surface area contributed by atoms with E-state index in [-0.39, 0.29) is 6.09 Å². The molecule has 1 atom stereocenters. The van der Waals surface area contributed by atoms with E-state index in [0.29, 0.717) is 17.8 Å². The third-order valence-corrected chi connectivity index (χ3v) is 4.79. The maximum absolute atomic E-state index is 12.1. The number of amides is 1. The summed E-state index contributed by atoms with van der Waals surface area (Å²) in [5, 5.41) is 13.3. The zero-order chi connectivity index (χ0) is 17.3. The first kappa shape index (κ1) is 17.1. The van der Waals surface area contributed by atoms with E-state index >= 15 is 0 Å². The average molecular weight is 332 g/mol. The van der Waals surface area contributed by atoms with E-state index in [1.807, 2.05) is 37.8 Å². The Labute approximate surface area is 144 Å². The van der Waals surface area contributed by atoms with Gasteiger partial charge in [-0.15, -0.1) is 0 Å². The molecule has 1 aliphatic heterocycles. The number of piperidine rings is 1. The van der Waals surface area contributed by atoms with Gasteiger partial charge in [0.15, 0.2) is 0 Å². The maximum atomic E-state index is 12.1. The lowest BCUT2D eigenvalue weighted by Crippen LogP contribution is -2.47. The number of likely N-dealkylation sites (tertiary alicyclic amines) is 1. The second-order valence-corrected chi connectivity index (χ2v) is 7.88. The van der Waals surface area contributed by atoms with Crippen molar-refractivity contribution in [1.29, 1.82) is 0 Å². The van der Waals surface area contributed by atoms with Crippen LogP contribution in [-0.4, -0.2) is 40.8 Å². The number of ether oxygens (including phenoxy) is 1. The van der Waals surface area contributed by atoms with Crippen LogP contribution in [0, 0.1) is 0 Å². The highest BCUT2D eigenvalue weighted by Gasteiger charge is 2.30. The molecule has 0 aromatic heterocycles. The summed E-state index contributed by atoms with van der Waals surface area (Å²) < 4.78 is 5.45. The monoisotopic (exact) mass is 332 g/mol. The number of aromatic hydroxyl groups is 1. The Hall–Kier alpha value is -1.75. The molecule has 1 amide bonds. The number of nitrogens with zero attached hydrogens (tertiary/aromatic N) is 1. The summed E-state index contributed by atoms with van der Waals surface area (Å²) in [7, 11) is 0. The fourth-order valence-electron chi connectivity index (χ4n) is 3.62. The molecule has 1 aromatic rings. The zero-order valence-corrected chi connectivity index (χ0v) is 14.8. The molecule has 1 saturated heterocycles. The van der Waals surface area contributed by atoms with Crippen LogP contribution in [0.5, 0.6) is 5.75 Å². The van der Waals surface area contributed by atoms with Gasteiger partial charge in [-0.3, -0.25) is 0 Å². The second kappa shape index (κ2) is 6.63. The van der Waals surface area contributed by atoms with Crippen LogP contribution in [0.25, 0.3) is 0 Å². The van der Waals surface area contributed by atoms with Crippen LogP contribution in [0.2, 0.25) is 0 Å². The van der Waals surface area contributed by atoms with Crippen LogP contribution in [0.15, 0.2) is 18.2 Å². The Bertz CT molecular complexity index is 601. The number of phenolic OH excluding ortho intramolecular Hbond substituents is 1. The lowest BCUT2D eigenvalue weighted by Gasteiger charge is -2.35. The van der Waals surface area contributed by atoms with Crippen molar-refractivity contribution in [2.45, 2.75) is 64.1 Å². The first-order chi connectivity index (χ1) is 11.3. The van der Waals surface area contributed by atoms with Gasteiger partial charge in [0.1, 0.15) is 11.4 Å². The highest BCUT2D eigenvalue weighted by Crippen LogP contribution is 2.34. The predicted molar refractivity (Wildman–Crippen MR) is 93.1 cm³/mol. The van der Waals surface area contributed by atoms with Gasteiger partial charge in [0.25, 0.3) is 0 Å². The number of carbonyl (C=O) groups excluding carboxylic acids is 1. The van der Waals surface area contributed by atoms with Gasteiger partial charge in [0.2, 0.25) is 0 Å². The van der Waals surface area contributed by atoms with E-state index in [9.17, 15) is 9.90 Å². The molecule has 0 bridgehead atoms. The van der Waals surface area contributed by atoms with Crippen LogP contribution < -0.4 is 5.32 Å². The molecule has 0 saturated carbocycles. The maximum Gasteiger partial charge on any atom is 0.410 e. The van der Waals surface area contributed by atoms with Gasteiger partial charge in [-0.2, -0.15) is 0 Å².